The molecular formula is C24H20FN3O3. The number of aromatic nitrogens is 1. The van der Waals surface area contributed by atoms with Crippen LogP contribution in [0.4, 0.5) is 15.8 Å². The predicted octanol–water partition coefficient (Wildman–Crippen LogP) is 5.13. The number of fused-ring (bicyclic) bond motifs is 1. The van der Waals surface area contributed by atoms with Crippen LogP contribution in [0, 0.1) is 12.7 Å². The Hall–Kier alpha value is -4.13. The smallest absolute Gasteiger partial charge is 0.272 e. The van der Waals surface area contributed by atoms with Gasteiger partial charge in [-0.2, -0.15) is 0 Å². The van der Waals surface area contributed by atoms with Crippen molar-refractivity contribution in [3.05, 3.63) is 89.4 Å². The van der Waals surface area contributed by atoms with Gasteiger partial charge in [0, 0.05) is 22.2 Å². The van der Waals surface area contributed by atoms with Gasteiger partial charge in [-0.3, -0.25) is 9.59 Å². The first-order chi connectivity index (χ1) is 14.9. The van der Waals surface area contributed by atoms with Crippen LogP contribution < -0.4 is 15.4 Å². The highest BCUT2D eigenvalue weighted by molar-refractivity contribution is 6.08. The van der Waals surface area contributed by atoms with Crippen molar-refractivity contribution in [2.24, 2.45) is 0 Å². The second-order valence-corrected chi connectivity index (χ2v) is 7.11. The molecule has 0 saturated carbocycles. The lowest BCUT2D eigenvalue weighted by molar-refractivity contribution is 0.101. The molecule has 0 saturated heterocycles. The van der Waals surface area contributed by atoms with E-state index in [1.807, 2.05) is 25.1 Å². The fourth-order valence-electron chi connectivity index (χ4n) is 3.28. The molecule has 156 valence electrons. The molecule has 2 amide bonds. The van der Waals surface area contributed by atoms with Crippen LogP contribution in [-0.4, -0.2) is 23.9 Å². The number of methoxy groups -OCH3 is 1. The van der Waals surface area contributed by atoms with E-state index < -0.39 is 11.7 Å². The maximum Gasteiger partial charge on any atom is 0.272 e. The summed E-state index contributed by atoms with van der Waals surface area (Å²) in [5, 5.41) is 6.45. The first-order valence-corrected chi connectivity index (χ1v) is 9.58. The summed E-state index contributed by atoms with van der Waals surface area (Å²) in [5.74, 6) is -0.910. The van der Waals surface area contributed by atoms with E-state index in [0.717, 1.165) is 22.5 Å². The molecule has 0 spiro atoms. The summed E-state index contributed by atoms with van der Waals surface area (Å²) in [6.07, 6.45) is 0. The highest BCUT2D eigenvalue weighted by Gasteiger charge is 2.14. The minimum Gasteiger partial charge on any atom is -0.495 e. The predicted molar refractivity (Wildman–Crippen MR) is 118 cm³/mol. The minimum absolute atomic E-state index is 0.171. The lowest BCUT2D eigenvalue weighted by Gasteiger charge is -2.13. The largest absolute Gasteiger partial charge is 0.495 e. The average molecular weight is 417 g/mol. The summed E-state index contributed by atoms with van der Waals surface area (Å²) in [4.78, 5) is 28.3. The number of hydrogen-bond acceptors (Lipinski definition) is 3. The van der Waals surface area contributed by atoms with Gasteiger partial charge < -0.3 is 20.4 Å². The maximum absolute atomic E-state index is 13.4. The summed E-state index contributed by atoms with van der Waals surface area (Å²) < 4.78 is 18.7. The van der Waals surface area contributed by atoms with Crippen LogP contribution in [0.2, 0.25) is 0 Å². The lowest BCUT2D eigenvalue weighted by Crippen LogP contribution is -2.15. The quantitative estimate of drug-likeness (QED) is 0.421. The number of aromatic amines is 1. The van der Waals surface area contributed by atoms with Crippen LogP contribution in [0.25, 0.3) is 10.9 Å². The number of benzene rings is 3. The van der Waals surface area contributed by atoms with Crippen LogP contribution in [0.3, 0.4) is 0 Å². The fourth-order valence-corrected chi connectivity index (χ4v) is 3.28. The molecule has 4 aromatic rings. The minimum atomic E-state index is -0.505. The van der Waals surface area contributed by atoms with Gasteiger partial charge in [0.1, 0.15) is 17.3 Å². The third kappa shape index (κ3) is 4.40. The number of rotatable bonds is 5. The van der Waals surface area contributed by atoms with E-state index in [1.165, 1.54) is 25.3 Å². The number of ether oxygens (including phenoxy) is 1. The number of nitrogens with one attached hydrogen (secondary N) is 3. The van der Waals surface area contributed by atoms with Gasteiger partial charge in [-0.25, -0.2) is 4.39 Å². The molecule has 0 atom stereocenters. The highest BCUT2D eigenvalue weighted by Crippen LogP contribution is 2.29. The number of anilines is 2. The third-order valence-corrected chi connectivity index (χ3v) is 4.81. The van der Waals surface area contributed by atoms with E-state index in [1.54, 1.807) is 24.3 Å². The molecule has 6 nitrogen and oxygen atoms in total. The normalized spacial score (nSPS) is 10.7. The lowest BCUT2D eigenvalue weighted by atomic mass is 10.2. The Morgan fingerprint density at radius 3 is 2.55 bits per heavy atom. The van der Waals surface area contributed by atoms with E-state index >= 15 is 0 Å². The zero-order chi connectivity index (χ0) is 22.0. The van der Waals surface area contributed by atoms with E-state index in [2.05, 4.69) is 15.6 Å². The van der Waals surface area contributed by atoms with E-state index in [0.29, 0.717) is 22.8 Å². The number of H-pyrrole nitrogens is 1. The van der Waals surface area contributed by atoms with Gasteiger partial charge in [-0.15, -0.1) is 0 Å². The molecular weight excluding hydrogens is 397 g/mol. The van der Waals surface area contributed by atoms with Crippen molar-refractivity contribution in [2.45, 2.75) is 6.92 Å². The first-order valence-electron chi connectivity index (χ1n) is 9.58. The topological polar surface area (TPSA) is 83.2 Å². The van der Waals surface area contributed by atoms with E-state index in [-0.39, 0.29) is 11.5 Å². The molecule has 0 aliphatic carbocycles. The summed E-state index contributed by atoms with van der Waals surface area (Å²) in [5.41, 5.74) is 3.38. The van der Waals surface area contributed by atoms with Crippen LogP contribution >= 0.6 is 0 Å². The summed E-state index contributed by atoms with van der Waals surface area (Å²) in [6.45, 7) is 1.99. The molecule has 0 bridgehead atoms. The second kappa shape index (κ2) is 8.31. The standard InChI is InChI=1S/C24H20FN3O3/c1-14-6-8-19-16(10-14)12-21(27-19)24(30)26-18-7-9-22(31-2)20(13-18)28-23(29)15-4-3-5-17(25)11-15/h3-13,27H,1-2H3,(H,26,30)(H,28,29). The zero-order valence-corrected chi connectivity index (χ0v) is 17.0. The molecule has 4 rings (SSSR count). The van der Waals surface area contributed by atoms with Crippen molar-refractivity contribution < 1.29 is 18.7 Å². The summed E-state index contributed by atoms with van der Waals surface area (Å²) in [6, 6.07) is 17.9. The number of amides is 2. The Balaban J connectivity index is 1.56. The SMILES string of the molecule is COc1ccc(NC(=O)c2cc3cc(C)ccc3[nH]2)cc1NC(=O)c1cccc(F)c1. The van der Waals surface area contributed by atoms with Crippen molar-refractivity contribution in [3.63, 3.8) is 0 Å². The van der Waals surface area contributed by atoms with Gasteiger partial charge in [0.05, 0.1) is 12.8 Å². The number of aryl methyl sites for hydroxylation is 1. The average Bonchev–Trinajstić information content (AvgIpc) is 3.17. The Bertz CT molecular complexity index is 1300. The molecule has 0 aliphatic rings. The molecule has 3 N–H and O–H groups in total. The second-order valence-electron chi connectivity index (χ2n) is 7.11. The number of carbonyl (C=O) groups excluding carboxylic acids is 2. The molecule has 7 heteroatoms. The molecule has 3 aromatic carbocycles. The Kier molecular flexibility index (Phi) is 5.41. The third-order valence-electron chi connectivity index (χ3n) is 4.81. The molecule has 1 aromatic heterocycles. The molecule has 31 heavy (non-hydrogen) atoms. The van der Waals surface area contributed by atoms with Gasteiger partial charge in [0.2, 0.25) is 0 Å². The summed E-state index contributed by atoms with van der Waals surface area (Å²) >= 11 is 0. The van der Waals surface area contributed by atoms with E-state index in [4.69, 9.17) is 4.74 Å². The first kappa shape index (κ1) is 20.2. The van der Waals surface area contributed by atoms with E-state index in [9.17, 15) is 14.0 Å². The fraction of sp³-hybridized carbons (Fsp3) is 0.0833. The van der Waals surface area contributed by atoms with Crippen LogP contribution in [0.15, 0.2) is 66.7 Å². The van der Waals surface area contributed by atoms with Crippen LogP contribution in [-0.2, 0) is 0 Å². The monoisotopic (exact) mass is 417 g/mol. The molecule has 0 fully saturated rings. The molecule has 0 aliphatic heterocycles. The van der Waals surface area contributed by atoms with Gasteiger partial charge in [-0.1, -0.05) is 17.7 Å². The summed E-state index contributed by atoms with van der Waals surface area (Å²) in [7, 11) is 1.47. The van der Waals surface area contributed by atoms with Crippen LogP contribution in [0.1, 0.15) is 26.4 Å². The Labute approximate surface area is 178 Å². The van der Waals surface area contributed by atoms with Crippen molar-refractivity contribution in [2.75, 3.05) is 17.7 Å². The maximum atomic E-state index is 13.4. The molecule has 1 heterocycles. The highest BCUT2D eigenvalue weighted by atomic mass is 19.1. The number of halogens is 1. The number of carbonyl (C=O) groups is 2. The van der Waals surface area contributed by atoms with Crippen molar-refractivity contribution in [1.82, 2.24) is 4.98 Å². The molecule has 0 radical (unpaired) electrons. The Morgan fingerprint density at radius 1 is 0.935 bits per heavy atom. The Morgan fingerprint density at radius 2 is 1.77 bits per heavy atom. The van der Waals surface area contributed by atoms with Gasteiger partial charge in [0.15, 0.2) is 0 Å². The van der Waals surface area contributed by atoms with Crippen molar-refractivity contribution in [1.29, 1.82) is 0 Å². The van der Waals surface area contributed by atoms with Gasteiger partial charge >= 0.3 is 0 Å². The zero-order valence-electron chi connectivity index (χ0n) is 17.0. The van der Waals surface area contributed by atoms with Crippen molar-refractivity contribution >= 4 is 34.1 Å². The molecule has 0 unspecified atom stereocenters. The van der Waals surface area contributed by atoms with Crippen LogP contribution in [0.5, 0.6) is 5.75 Å². The van der Waals surface area contributed by atoms with Gasteiger partial charge in [-0.05, 0) is 61.5 Å². The van der Waals surface area contributed by atoms with Gasteiger partial charge in [0.25, 0.3) is 11.8 Å². The van der Waals surface area contributed by atoms with Crippen molar-refractivity contribution in [3.8, 4) is 5.75 Å². The number of hydrogen-bond donors (Lipinski definition) is 3.